The molecule has 0 radical (unpaired) electrons. The lowest BCUT2D eigenvalue weighted by Gasteiger charge is -2.21. The first-order valence-corrected chi connectivity index (χ1v) is 8.25. The fourth-order valence-corrected chi connectivity index (χ4v) is 2.53. The van der Waals surface area contributed by atoms with Gasteiger partial charge in [0.05, 0.1) is 6.20 Å². The number of likely N-dealkylation sites (N-methyl/N-ethyl adjacent to an activating group) is 1. The van der Waals surface area contributed by atoms with Crippen molar-refractivity contribution < 1.29 is 9.53 Å². The van der Waals surface area contributed by atoms with Crippen molar-refractivity contribution >= 4 is 17.7 Å². The Morgan fingerprint density at radius 2 is 2.09 bits per heavy atom. The molecule has 0 bridgehead atoms. The fraction of sp³-hybridized carbons (Fsp3) is 0.375. The van der Waals surface area contributed by atoms with Gasteiger partial charge in [0.25, 0.3) is 5.91 Å². The third-order valence-electron chi connectivity index (χ3n) is 3.27. The highest BCUT2D eigenvalue weighted by Crippen LogP contribution is 2.20. The Balaban J connectivity index is 1.92. The van der Waals surface area contributed by atoms with E-state index in [4.69, 9.17) is 4.74 Å². The van der Waals surface area contributed by atoms with Crippen molar-refractivity contribution in [2.45, 2.75) is 24.5 Å². The number of rotatable bonds is 6. The van der Waals surface area contributed by atoms with Crippen molar-refractivity contribution in [3.8, 4) is 5.75 Å². The van der Waals surface area contributed by atoms with E-state index >= 15 is 0 Å². The van der Waals surface area contributed by atoms with Crippen LogP contribution < -0.4 is 4.74 Å². The molecule has 1 heterocycles. The van der Waals surface area contributed by atoms with Crippen LogP contribution in [0.3, 0.4) is 0 Å². The first-order chi connectivity index (χ1) is 10.5. The summed E-state index contributed by atoms with van der Waals surface area (Å²) >= 11 is 1.67. The molecule has 0 aliphatic rings. The summed E-state index contributed by atoms with van der Waals surface area (Å²) in [6.07, 6.45) is 5.16. The normalized spacial score (nSPS) is 12.0. The summed E-state index contributed by atoms with van der Waals surface area (Å²) in [4.78, 5) is 15.2. The molecule has 1 atom stereocenters. The average Bonchev–Trinajstić information content (AvgIpc) is 2.92. The largest absolute Gasteiger partial charge is 0.481 e. The van der Waals surface area contributed by atoms with Gasteiger partial charge in [-0.25, -0.2) is 0 Å². The molecule has 2 aromatic rings. The van der Waals surface area contributed by atoms with Gasteiger partial charge in [-0.05, 0) is 37.4 Å². The molecule has 1 aromatic heterocycles. The Morgan fingerprint density at radius 3 is 2.64 bits per heavy atom. The molecule has 0 saturated carbocycles. The molecule has 1 unspecified atom stereocenters. The Morgan fingerprint density at radius 1 is 1.41 bits per heavy atom. The monoisotopic (exact) mass is 319 g/mol. The van der Waals surface area contributed by atoms with Crippen molar-refractivity contribution in [3.05, 3.63) is 42.2 Å². The predicted molar refractivity (Wildman–Crippen MR) is 88.0 cm³/mol. The minimum absolute atomic E-state index is 0.0576. The lowest BCUT2D eigenvalue weighted by atomic mass is 10.3. The van der Waals surface area contributed by atoms with Crippen molar-refractivity contribution in [3.63, 3.8) is 0 Å². The smallest absolute Gasteiger partial charge is 0.263 e. The highest BCUT2D eigenvalue weighted by molar-refractivity contribution is 7.98. The molecule has 0 N–H and O–H groups in total. The summed E-state index contributed by atoms with van der Waals surface area (Å²) in [6, 6.07) is 7.74. The molecule has 1 aromatic carbocycles. The van der Waals surface area contributed by atoms with Crippen molar-refractivity contribution in [1.82, 2.24) is 14.7 Å². The van der Waals surface area contributed by atoms with Crippen LogP contribution in [0.5, 0.6) is 5.75 Å². The molecule has 0 saturated heterocycles. The number of nitrogens with zero attached hydrogens (tertiary/aromatic N) is 3. The number of benzene rings is 1. The van der Waals surface area contributed by atoms with Crippen LogP contribution in [0, 0.1) is 0 Å². The van der Waals surface area contributed by atoms with Crippen LogP contribution in [0.1, 0.15) is 12.5 Å². The number of ether oxygens (including phenoxy) is 1. The molecule has 0 aliphatic heterocycles. The SMILES string of the molecule is CSc1ccc(OC(C)C(=O)N(C)Cc2cnn(C)c2)cc1. The second kappa shape index (κ2) is 7.35. The molecule has 0 aliphatic carbocycles. The average molecular weight is 319 g/mol. The van der Waals surface area contributed by atoms with Crippen LogP contribution in [0.2, 0.25) is 0 Å². The molecule has 0 fully saturated rings. The third-order valence-corrected chi connectivity index (χ3v) is 4.02. The van der Waals surface area contributed by atoms with Gasteiger partial charge in [0, 0.05) is 37.3 Å². The van der Waals surface area contributed by atoms with Gasteiger partial charge < -0.3 is 9.64 Å². The maximum atomic E-state index is 12.4. The minimum atomic E-state index is -0.526. The summed E-state index contributed by atoms with van der Waals surface area (Å²) in [5, 5.41) is 4.10. The lowest BCUT2D eigenvalue weighted by molar-refractivity contribution is -0.137. The molecular weight excluding hydrogens is 298 g/mol. The summed E-state index contributed by atoms with van der Waals surface area (Å²) < 4.78 is 7.44. The Kier molecular flexibility index (Phi) is 5.49. The van der Waals surface area contributed by atoms with Crippen LogP contribution >= 0.6 is 11.8 Å². The quantitative estimate of drug-likeness (QED) is 0.768. The molecule has 1 amide bonds. The van der Waals surface area contributed by atoms with Crippen LogP contribution in [0.15, 0.2) is 41.6 Å². The van der Waals surface area contributed by atoms with E-state index in [2.05, 4.69) is 5.10 Å². The summed E-state index contributed by atoms with van der Waals surface area (Å²) in [6.45, 7) is 2.29. The summed E-state index contributed by atoms with van der Waals surface area (Å²) in [7, 11) is 3.63. The van der Waals surface area contributed by atoms with Crippen LogP contribution in [0.4, 0.5) is 0 Å². The number of carbonyl (C=O) groups excluding carboxylic acids is 1. The van der Waals surface area contributed by atoms with Crippen molar-refractivity contribution in [2.75, 3.05) is 13.3 Å². The molecule has 118 valence electrons. The molecule has 22 heavy (non-hydrogen) atoms. The predicted octanol–water partition coefficient (Wildman–Crippen LogP) is 2.57. The number of hydrogen-bond acceptors (Lipinski definition) is 4. The van der Waals surface area contributed by atoms with E-state index in [0.717, 1.165) is 5.56 Å². The summed E-state index contributed by atoms with van der Waals surface area (Å²) in [5.74, 6) is 0.645. The second-order valence-corrected chi connectivity index (χ2v) is 6.03. The Labute approximate surface area is 135 Å². The number of aryl methyl sites for hydroxylation is 1. The zero-order valence-corrected chi connectivity index (χ0v) is 14.1. The number of aromatic nitrogens is 2. The Bertz CT molecular complexity index is 625. The minimum Gasteiger partial charge on any atom is -0.481 e. The van der Waals surface area contributed by atoms with Crippen LogP contribution in [-0.4, -0.2) is 40.0 Å². The van der Waals surface area contributed by atoms with Gasteiger partial charge in [-0.3, -0.25) is 9.48 Å². The van der Waals surface area contributed by atoms with E-state index in [0.29, 0.717) is 12.3 Å². The van der Waals surface area contributed by atoms with Gasteiger partial charge in [0.2, 0.25) is 0 Å². The van der Waals surface area contributed by atoms with Crippen LogP contribution in [0.25, 0.3) is 0 Å². The van der Waals surface area contributed by atoms with Crippen molar-refractivity contribution in [1.29, 1.82) is 0 Å². The van der Waals surface area contributed by atoms with Crippen molar-refractivity contribution in [2.24, 2.45) is 7.05 Å². The fourth-order valence-electron chi connectivity index (χ4n) is 2.12. The second-order valence-electron chi connectivity index (χ2n) is 5.15. The highest BCUT2D eigenvalue weighted by atomic mass is 32.2. The molecule has 5 nitrogen and oxygen atoms in total. The van der Waals surface area contributed by atoms with E-state index in [1.165, 1.54) is 4.90 Å². The molecule has 0 spiro atoms. The van der Waals surface area contributed by atoms with Gasteiger partial charge in [-0.15, -0.1) is 11.8 Å². The van der Waals surface area contributed by atoms with E-state index in [1.807, 2.05) is 43.8 Å². The number of hydrogen-bond donors (Lipinski definition) is 0. The van der Waals surface area contributed by atoms with Gasteiger partial charge in [-0.2, -0.15) is 5.10 Å². The van der Waals surface area contributed by atoms with E-state index in [-0.39, 0.29) is 5.91 Å². The summed E-state index contributed by atoms with van der Waals surface area (Å²) in [5.41, 5.74) is 0.995. The lowest BCUT2D eigenvalue weighted by Crippen LogP contribution is -2.37. The highest BCUT2D eigenvalue weighted by Gasteiger charge is 2.19. The zero-order chi connectivity index (χ0) is 16.1. The van der Waals surface area contributed by atoms with Gasteiger partial charge in [0.1, 0.15) is 5.75 Å². The Hall–Kier alpha value is -1.95. The third kappa shape index (κ3) is 4.27. The van der Waals surface area contributed by atoms with Crippen LogP contribution in [-0.2, 0) is 18.4 Å². The zero-order valence-electron chi connectivity index (χ0n) is 13.3. The van der Waals surface area contributed by atoms with Gasteiger partial charge >= 0.3 is 0 Å². The van der Waals surface area contributed by atoms with E-state index in [1.54, 1.807) is 41.5 Å². The topological polar surface area (TPSA) is 47.4 Å². The molecule has 2 rings (SSSR count). The maximum absolute atomic E-state index is 12.4. The van der Waals surface area contributed by atoms with E-state index in [9.17, 15) is 4.79 Å². The molecular formula is C16H21N3O2S. The number of thioether (sulfide) groups is 1. The molecule has 6 heteroatoms. The first-order valence-electron chi connectivity index (χ1n) is 7.03. The number of carbonyl (C=O) groups is 1. The van der Waals surface area contributed by atoms with Gasteiger partial charge in [0.15, 0.2) is 6.10 Å². The number of amides is 1. The van der Waals surface area contributed by atoms with E-state index < -0.39 is 6.10 Å². The van der Waals surface area contributed by atoms with Gasteiger partial charge in [-0.1, -0.05) is 0 Å². The standard InChI is InChI=1S/C16H21N3O2S/c1-12(21-14-5-7-15(22-4)8-6-14)16(20)18(2)10-13-9-17-19(3)11-13/h5-9,11-12H,10H2,1-4H3. The first kappa shape index (κ1) is 16.4. The maximum Gasteiger partial charge on any atom is 0.263 e.